The summed E-state index contributed by atoms with van der Waals surface area (Å²) in [6, 6.07) is 5.53. The maximum atomic E-state index is 9.38. The zero-order chi connectivity index (χ0) is 9.97. The number of hydrogen-bond donors (Lipinski definition) is 2. The van der Waals surface area contributed by atoms with Crippen LogP contribution in [-0.2, 0) is 6.54 Å². The quantitative estimate of drug-likeness (QED) is 0.811. The standard InChI is InChI=1S/C11H13NOS/c1-2-12-6-8-7-14-11-4-3-9(13)5-10(8)11/h3-5,7,12-13H,2,6H2,1H3. The molecule has 0 fully saturated rings. The van der Waals surface area contributed by atoms with Crippen LogP contribution in [0.5, 0.6) is 5.75 Å². The van der Waals surface area contributed by atoms with E-state index in [1.54, 1.807) is 17.4 Å². The summed E-state index contributed by atoms with van der Waals surface area (Å²) in [5.41, 5.74) is 1.27. The molecular weight excluding hydrogens is 194 g/mol. The number of fused-ring (bicyclic) bond motifs is 1. The van der Waals surface area contributed by atoms with Crippen LogP contribution in [0.4, 0.5) is 0 Å². The molecule has 0 spiro atoms. The van der Waals surface area contributed by atoms with E-state index in [-0.39, 0.29) is 0 Å². The molecule has 0 bridgehead atoms. The molecule has 1 heterocycles. The summed E-state index contributed by atoms with van der Waals surface area (Å²) < 4.78 is 1.23. The van der Waals surface area contributed by atoms with Crippen LogP contribution in [0.15, 0.2) is 23.6 Å². The van der Waals surface area contributed by atoms with E-state index in [0.717, 1.165) is 18.5 Å². The first-order valence-electron chi connectivity index (χ1n) is 4.71. The van der Waals surface area contributed by atoms with Crippen molar-refractivity contribution >= 4 is 21.4 Å². The fourth-order valence-electron chi connectivity index (χ4n) is 1.47. The minimum absolute atomic E-state index is 0.341. The molecule has 0 radical (unpaired) electrons. The van der Waals surface area contributed by atoms with E-state index < -0.39 is 0 Å². The van der Waals surface area contributed by atoms with Gasteiger partial charge < -0.3 is 10.4 Å². The van der Waals surface area contributed by atoms with Gasteiger partial charge in [0.05, 0.1) is 0 Å². The van der Waals surface area contributed by atoms with Crippen molar-refractivity contribution in [2.45, 2.75) is 13.5 Å². The highest BCUT2D eigenvalue weighted by Crippen LogP contribution is 2.28. The van der Waals surface area contributed by atoms with E-state index in [0.29, 0.717) is 5.75 Å². The molecule has 2 rings (SSSR count). The first-order valence-corrected chi connectivity index (χ1v) is 5.59. The molecule has 0 aliphatic heterocycles. The normalized spacial score (nSPS) is 10.9. The van der Waals surface area contributed by atoms with Gasteiger partial charge in [0.2, 0.25) is 0 Å². The molecular formula is C11H13NOS. The lowest BCUT2D eigenvalue weighted by atomic mass is 10.1. The molecule has 0 aliphatic carbocycles. The average Bonchev–Trinajstić information content (AvgIpc) is 2.57. The number of rotatable bonds is 3. The predicted octanol–water partition coefficient (Wildman–Crippen LogP) is 2.72. The largest absolute Gasteiger partial charge is 0.508 e. The molecule has 3 heteroatoms. The van der Waals surface area contributed by atoms with Gasteiger partial charge in [-0.1, -0.05) is 6.92 Å². The topological polar surface area (TPSA) is 32.3 Å². The highest BCUT2D eigenvalue weighted by atomic mass is 32.1. The molecule has 0 saturated carbocycles. The Morgan fingerprint density at radius 3 is 3.07 bits per heavy atom. The summed E-state index contributed by atoms with van der Waals surface area (Å²) >= 11 is 1.72. The molecule has 0 amide bonds. The third-order valence-corrected chi connectivity index (χ3v) is 3.22. The summed E-state index contributed by atoms with van der Waals surface area (Å²) in [5.74, 6) is 0.341. The molecule has 0 aliphatic rings. The zero-order valence-corrected chi connectivity index (χ0v) is 8.90. The second kappa shape index (κ2) is 3.98. The van der Waals surface area contributed by atoms with Crippen LogP contribution in [0.25, 0.3) is 10.1 Å². The Bertz CT molecular complexity index is 436. The molecule has 0 saturated heterocycles. The molecule has 2 nitrogen and oxygen atoms in total. The number of thiophene rings is 1. The van der Waals surface area contributed by atoms with Crippen molar-refractivity contribution in [3.63, 3.8) is 0 Å². The lowest BCUT2D eigenvalue weighted by molar-refractivity contribution is 0.476. The predicted molar refractivity (Wildman–Crippen MR) is 60.9 cm³/mol. The third-order valence-electron chi connectivity index (χ3n) is 2.20. The Morgan fingerprint density at radius 1 is 1.43 bits per heavy atom. The first kappa shape index (κ1) is 9.49. The number of phenolic OH excluding ortho intramolecular Hbond substituents is 1. The van der Waals surface area contributed by atoms with E-state index in [1.807, 2.05) is 12.1 Å². The summed E-state index contributed by atoms with van der Waals surface area (Å²) in [5, 5.41) is 16.0. The fourth-order valence-corrected chi connectivity index (χ4v) is 2.41. The summed E-state index contributed by atoms with van der Waals surface area (Å²) in [6.07, 6.45) is 0. The van der Waals surface area contributed by atoms with Crippen LogP contribution < -0.4 is 5.32 Å². The first-order chi connectivity index (χ1) is 6.81. The highest BCUT2D eigenvalue weighted by Gasteiger charge is 2.03. The summed E-state index contributed by atoms with van der Waals surface area (Å²) in [4.78, 5) is 0. The zero-order valence-electron chi connectivity index (χ0n) is 8.08. The Balaban J connectivity index is 2.40. The maximum absolute atomic E-state index is 9.38. The molecule has 14 heavy (non-hydrogen) atoms. The monoisotopic (exact) mass is 207 g/mol. The van der Waals surface area contributed by atoms with Gasteiger partial charge in [0, 0.05) is 16.6 Å². The van der Waals surface area contributed by atoms with Crippen LogP contribution in [0, 0.1) is 0 Å². The minimum Gasteiger partial charge on any atom is -0.508 e. The van der Waals surface area contributed by atoms with Crippen molar-refractivity contribution in [2.24, 2.45) is 0 Å². The lowest BCUT2D eigenvalue weighted by Crippen LogP contribution is -2.10. The van der Waals surface area contributed by atoms with Gasteiger partial charge in [-0.25, -0.2) is 0 Å². The van der Waals surface area contributed by atoms with Crippen LogP contribution in [0.1, 0.15) is 12.5 Å². The second-order valence-electron chi connectivity index (χ2n) is 3.22. The maximum Gasteiger partial charge on any atom is 0.116 e. The van der Waals surface area contributed by atoms with Gasteiger partial charge >= 0.3 is 0 Å². The third kappa shape index (κ3) is 1.74. The molecule has 74 valence electrons. The van der Waals surface area contributed by atoms with Crippen LogP contribution >= 0.6 is 11.3 Å². The Hall–Kier alpha value is -1.06. The molecule has 2 N–H and O–H groups in total. The number of hydrogen-bond acceptors (Lipinski definition) is 3. The Labute approximate surface area is 87.2 Å². The highest BCUT2D eigenvalue weighted by molar-refractivity contribution is 7.17. The van der Waals surface area contributed by atoms with Gasteiger partial charge in [-0.05, 0) is 35.7 Å². The van der Waals surface area contributed by atoms with Gasteiger partial charge in [-0.15, -0.1) is 11.3 Å². The van der Waals surface area contributed by atoms with Crippen LogP contribution in [-0.4, -0.2) is 11.7 Å². The smallest absolute Gasteiger partial charge is 0.116 e. The Morgan fingerprint density at radius 2 is 2.29 bits per heavy atom. The minimum atomic E-state index is 0.341. The SMILES string of the molecule is CCNCc1csc2ccc(O)cc12. The van der Waals surface area contributed by atoms with Crippen LogP contribution in [0.3, 0.4) is 0 Å². The van der Waals surface area contributed by atoms with Gasteiger partial charge in [-0.2, -0.15) is 0 Å². The Kier molecular flexibility index (Phi) is 2.70. The van der Waals surface area contributed by atoms with E-state index in [1.165, 1.54) is 10.3 Å². The van der Waals surface area contributed by atoms with Crippen molar-refractivity contribution in [1.29, 1.82) is 0 Å². The number of benzene rings is 1. The van der Waals surface area contributed by atoms with E-state index in [2.05, 4.69) is 17.6 Å². The van der Waals surface area contributed by atoms with Gasteiger partial charge in [0.25, 0.3) is 0 Å². The second-order valence-corrected chi connectivity index (χ2v) is 4.13. The summed E-state index contributed by atoms with van der Waals surface area (Å²) in [7, 11) is 0. The fraction of sp³-hybridized carbons (Fsp3) is 0.273. The van der Waals surface area contributed by atoms with Crippen molar-refractivity contribution in [3.05, 3.63) is 29.1 Å². The lowest BCUT2D eigenvalue weighted by Gasteiger charge is -2.00. The van der Waals surface area contributed by atoms with Crippen molar-refractivity contribution < 1.29 is 5.11 Å². The number of aromatic hydroxyl groups is 1. The van der Waals surface area contributed by atoms with E-state index >= 15 is 0 Å². The number of nitrogens with one attached hydrogen (secondary N) is 1. The van der Waals surface area contributed by atoms with Gasteiger partial charge in [0.15, 0.2) is 0 Å². The van der Waals surface area contributed by atoms with Crippen molar-refractivity contribution in [2.75, 3.05) is 6.54 Å². The van der Waals surface area contributed by atoms with E-state index in [9.17, 15) is 5.11 Å². The molecule has 0 atom stereocenters. The molecule has 0 unspecified atom stereocenters. The van der Waals surface area contributed by atoms with Crippen molar-refractivity contribution in [3.8, 4) is 5.75 Å². The summed E-state index contributed by atoms with van der Waals surface area (Å²) in [6.45, 7) is 3.93. The van der Waals surface area contributed by atoms with Gasteiger partial charge in [0.1, 0.15) is 5.75 Å². The van der Waals surface area contributed by atoms with E-state index in [4.69, 9.17) is 0 Å². The average molecular weight is 207 g/mol. The molecule has 1 aromatic carbocycles. The van der Waals surface area contributed by atoms with Crippen LogP contribution in [0.2, 0.25) is 0 Å². The van der Waals surface area contributed by atoms with Gasteiger partial charge in [-0.3, -0.25) is 0 Å². The van der Waals surface area contributed by atoms with Crippen molar-refractivity contribution in [1.82, 2.24) is 5.32 Å². The number of phenols is 1. The molecule has 1 aromatic heterocycles. The molecule has 2 aromatic rings.